The fourth-order valence-electron chi connectivity index (χ4n) is 4.16. The Bertz CT molecular complexity index is 486. The SMILES string of the molecule is COCc1cccc(CNC2C3CCCOC3C2(C)C)c1. The minimum absolute atomic E-state index is 0.245. The van der Waals surface area contributed by atoms with Crippen molar-refractivity contribution in [3.05, 3.63) is 35.4 Å². The molecular weight excluding hydrogens is 262 g/mol. The molecule has 2 fully saturated rings. The molecule has 3 heteroatoms. The Kier molecular flexibility index (Phi) is 4.34. The van der Waals surface area contributed by atoms with Gasteiger partial charge in [0.15, 0.2) is 0 Å². The number of hydrogen-bond donors (Lipinski definition) is 1. The summed E-state index contributed by atoms with van der Waals surface area (Å²) >= 11 is 0. The zero-order valence-electron chi connectivity index (χ0n) is 13.4. The lowest BCUT2D eigenvalue weighted by Crippen LogP contribution is -2.69. The lowest BCUT2D eigenvalue weighted by molar-refractivity contribution is -0.192. The molecule has 0 amide bonds. The fraction of sp³-hybridized carbons (Fsp3) is 0.667. The summed E-state index contributed by atoms with van der Waals surface area (Å²) in [6.45, 7) is 7.21. The molecule has 116 valence electrons. The summed E-state index contributed by atoms with van der Waals surface area (Å²) < 4.78 is 11.2. The largest absolute Gasteiger partial charge is 0.380 e. The summed E-state index contributed by atoms with van der Waals surface area (Å²) in [5, 5.41) is 3.77. The topological polar surface area (TPSA) is 30.5 Å². The van der Waals surface area contributed by atoms with Crippen molar-refractivity contribution in [2.45, 2.75) is 52.0 Å². The van der Waals surface area contributed by atoms with Crippen LogP contribution in [-0.2, 0) is 22.6 Å². The molecule has 1 aliphatic carbocycles. The van der Waals surface area contributed by atoms with Crippen molar-refractivity contribution >= 4 is 0 Å². The van der Waals surface area contributed by atoms with E-state index in [2.05, 4.69) is 43.4 Å². The molecule has 0 spiro atoms. The van der Waals surface area contributed by atoms with Gasteiger partial charge in [-0.3, -0.25) is 0 Å². The molecule has 21 heavy (non-hydrogen) atoms. The van der Waals surface area contributed by atoms with E-state index in [1.165, 1.54) is 24.0 Å². The van der Waals surface area contributed by atoms with Crippen LogP contribution in [-0.4, -0.2) is 25.9 Å². The number of benzene rings is 1. The van der Waals surface area contributed by atoms with Gasteiger partial charge in [0, 0.05) is 37.6 Å². The molecule has 3 rings (SSSR count). The van der Waals surface area contributed by atoms with Gasteiger partial charge in [0.1, 0.15) is 0 Å². The molecule has 0 radical (unpaired) electrons. The Morgan fingerprint density at radius 1 is 1.33 bits per heavy atom. The zero-order valence-corrected chi connectivity index (χ0v) is 13.4. The van der Waals surface area contributed by atoms with Crippen molar-refractivity contribution in [2.24, 2.45) is 11.3 Å². The third-order valence-electron chi connectivity index (χ3n) is 5.16. The first-order valence-corrected chi connectivity index (χ1v) is 8.04. The molecule has 3 atom stereocenters. The summed E-state index contributed by atoms with van der Waals surface area (Å²) in [6, 6.07) is 9.22. The van der Waals surface area contributed by atoms with Gasteiger partial charge in [-0.05, 0) is 24.0 Å². The average Bonchev–Trinajstić information content (AvgIpc) is 2.48. The number of methoxy groups -OCH3 is 1. The summed E-state index contributed by atoms with van der Waals surface area (Å²) in [4.78, 5) is 0. The normalized spacial score (nSPS) is 30.5. The van der Waals surface area contributed by atoms with Gasteiger partial charge in [0.05, 0.1) is 12.7 Å². The van der Waals surface area contributed by atoms with Crippen LogP contribution in [0, 0.1) is 11.3 Å². The van der Waals surface area contributed by atoms with E-state index in [1.807, 2.05) is 0 Å². The van der Waals surface area contributed by atoms with Crippen LogP contribution in [0.2, 0.25) is 0 Å². The third-order valence-corrected chi connectivity index (χ3v) is 5.16. The summed E-state index contributed by atoms with van der Waals surface area (Å²) in [5.74, 6) is 0.691. The van der Waals surface area contributed by atoms with Gasteiger partial charge in [-0.1, -0.05) is 38.1 Å². The zero-order chi connectivity index (χ0) is 14.9. The van der Waals surface area contributed by atoms with Crippen molar-refractivity contribution in [3.63, 3.8) is 0 Å². The maximum atomic E-state index is 5.97. The van der Waals surface area contributed by atoms with Gasteiger partial charge < -0.3 is 14.8 Å². The Morgan fingerprint density at radius 3 is 2.95 bits per heavy atom. The van der Waals surface area contributed by atoms with Crippen LogP contribution in [0.15, 0.2) is 24.3 Å². The molecule has 0 bridgehead atoms. The molecule has 3 nitrogen and oxygen atoms in total. The molecular formula is C18H27NO2. The highest BCUT2D eigenvalue weighted by molar-refractivity contribution is 5.23. The number of rotatable bonds is 5. The standard InChI is InChI=1S/C18H27NO2/c1-18(2)16(15-8-5-9-21-17(15)18)19-11-13-6-4-7-14(10-13)12-20-3/h4,6-7,10,15-17,19H,5,8-9,11-12H2,1-3H3. The molecule has 1 saturated carbocycles. The van der Waals surface area contributed by atoms with Gasteiger partial charge in [-0.15, -0.1) is 0 Å². The monoisotopic (exact) mass is 289 g/mol. The highest BCUT2D eigenvalue weighted by atomic mass is 16.5. The molecule has 2 aliphatic rings. The van der Waals surface area contributed by atoms with E-state index >= 15 is 0 Å². The van der Waals surface area contributed by atoms with Crippen molar-refractivity contribution in [1.82, 2.24) is 5.32 Å². The third kappa shape index (κ3) is 2.87. The van der Waals surface area contributed by atoms with Gasteiger partial charge in [-0.25, -0.2) is 0 Å². The Morgan fingerprint density at radius 2 is 2.14 bits per heavy atom. The highest BCUT2D eigenvalue weighted by Crippen LogP contribution is 2.51. The Labute approximate surface area is 128 Å². The second-order valence-electron chi connectivity index (χ2n) is 7.03. The van der Waals surface area contributed by atoms with Crippen molar-refractivity contribution in [1.29, 1.82) is 0 Å². The number of nitrogens with one attached hydrogen (secondary N) is 1. The van der Waals surface area contributed by atoms with Crippen LogP contribution in [0.3, 0.4) is 0 Å². The van der Waals surface area contributed by atoms with Crippen LogP contribution in [0.5, 0.6) is 0 Å². The molecule has 1 aliphatic heterocycles. The number of hydrogen-bond acceptors (Lipinski definition) is 3. The predicted molar refractivity (Wildman–Crippen MR) is 84.0 cm³/mol. The van der Waals surface area contributed by atoms with E-state index in [1.54, 1.807) is 7.11 Å². The summed E-state index contributed by atoms with van der Waals surface area (Å²) in [7, 11) is 1.74. The second-order valence-corrected chi connectivity index (χ2v) is 7.03. The molecule has 3 unspecified atom stereocenters. The van der Waals surface area contributed by atoms with Gasteiger partial charge >= 0.3 is 0 Å². The quantitative estimate of drug-likeness (QED) is 0.903. The molecule has 1 aromatic carbocycles. The smallest absolute Gasteiger partial charge is 0.0713 e. The fourth-order valence-corrected chi connectivity index (χ4v) is 4.16. The highest BCUT2D eigenvalue weighted by Gasteiger charge is 2.57. The van der Waals surface area contributed by atoms with E-state index < -0.39 is 0 Å². The van der Waals surface area contributed by atoms with E-state index in [0.717, 1.165) is 13.2 Å². The van der Waals surface area contributed by atoms with Crippen molar-refractivity contribution < 1.29 is 9.47 Å². The van der Waals surface area contributed by atoms with E-state index in [-0.39, 0.29) is 5.41 Å². The average molecular weight is 289 g/mol. The van der Waals surface area contributed by atoms with Gasteiger partial charge in [0.2, 0.25) is 0 Å². The Balaban J connectivity index is 1.61. The molecule has 1 aromatic rings. The van der Waals surface area contributed by atoms with E-state index in [9.17, 15) is 0 Å². The first-order valence-electron chi connectivity index (χ1n) is 8.04. The van der Waals surface area contributed by atoms with Gasteiger partial charge in [-0.2, -0.15) is 0 Å². The maximum absolute atomic E-state index is 5.97. The van der Waals surface area contributed by atoms with Crippen LogP contribution in [0.25, 0.3) is 0 Å². The number of ether oxygens (including phenoxy) is 2. The first-order chi connectivity index (χ1) is 10.1. The lowest BCUT2D eigenvalue weighted by Gasteiger charge is -2.60. The van der Waals surface area contributed by atoms with E-state index in [0.29, 0.717) is 24.7 Å². The van der Waals surface area contributed by atoms with Crippen LogP contribution >= 0.6 is 0 Å². The number of fused-ring (bicyclic) bond motifs is 1. The maximum Gasteiger partial charge on any atom is 0.0713 e. The first kappa shape index (κ1) is 15.0. The van der Waals surface area contributed by atoms with Crippen LogP contribution < -0.4 is 5.32 Å². The second kappa shape index (κ2) is 6.07. The summed E-state index contributed by atoms with van der Waals surface area (Å²) in [6.07, 6.45) is 2.96. The van der Waals surface area contributed by atoms with Crippen LogP contribution in [0.4, 0.5) is 0 Å². The minimum Gasteiger partial charge on any atom is -0.380 e. The van der Waals surface area contributed by atoms with E-state index in [4.69, 9.17) is 9.47 Å². The molecule has 0 aromatic heterocycles. The molecule has 1 heterocycles. The predicted octanol–water partition coefficient (Wildman–Crippen LogP) is 3.13. The van der Waals surface area contributed by atoms with Crippen molar-refractivity contribution in [2.75, 3.05) is 13.7 Å². The molecule has 1 saturated heterocycles. The lowest BCUT2D eigenvalue weighted by atomic mass is 9.55. The van der Waals surface area contributed by atoms with Crippen molar-refractivity contribution in [3.8, 4) is 0 Å². The van der Waals surface area contributed by atoms with Crippen LogP contribution in [0.1, 0.15) is 37.8 Å². The minimum atomic E-state index is 0.245. The summed E-state index contributed by atoms with van der Waals surface area (Å²) in [5.41, 5.74) is 2.82. The molecule has 1 N–H and O–H groups in total. The van der Waals surface area contributed by atoms with Gasteiger partial charge in [0.25, 0.3) is 0 Å². The Hall–Kier alpha value is -0.900.